The Morgan fingerprint density at radius 2 is 1.53 bits per heavy atom. The number of phosphoric ester groups is 1. The smallest absolute Gasteiger partial charge is 0.404 e. The van der Waals surface area contributed by atoms with Crippen LogP contribution in [0.4, 0.5) is 0 Å². The minimum absolute atomic E-state index is 0.155. The second-order valence-electron chi connectivity index (χ2n) is 3.62. The van der Waals surface area contributed by atoms with Crippen LogP contribution in [0.2, 0.25) is 0 Å². The van der Waals surface area contributed by atoms with E-state index in [-0.39, 0.29) is 23.9 Å². The van der Waals surface area contributed by atoms with Gasteiger partial charge in [0.25, 0.3) is 0 Å². The molecule has 0 spiro atoms. The van der Waals surface area contributed by atoms with Gasteiger partial charge in [-0.1, -0.05) is 0 Å². The van der Waals surface area contributed by atoms with E-state index in [1.165, 1.54) is 24.3 Å². The summed E-state index contributed by atoms with van der Waals surface area (Å²) >= 11 is 0. The second kappa shape index (κ2) is 6.52. The van der Waals surface area contributed by atoms with Crippen LogP contribution in [0.5, 0.6) is 5.75 Å². The Balaban J connectivity index is 2.90. The minimum Gasteiger partial charge on any atom is -0.404 e. The molecule has 0 radical (unpaired) electrons. The first-order valence-corrected chi connectivity index (χ1v) is 9.05. The van der Waals surface area contributed by atoms with Crippen molar-refractivity contribution in [3.63, 3.8) is 0 Å². The van der Waals surface area contributed by atoms with Crippen molar-refractivity contribution in [1.29, 1.82) is 0 Å². The fraction of sp³-hybridized carbons (Fsp3) is 0.455. The lowest BCUT2D eigenvalue weighted by atomic mass is 10.3. The molecule has 0 aliphatic carbocycles. The average Bonchev–Trinajstić information content (AvgIpc) is 2.28. The van der Waals surface area contributed by atoms with E-state index in [9.17, 15) is 13.0 Å². The molecule has 0 unspecified atom stereocenters. The van der Waals surface area contributed by atoms with Gasteiger partial charge in [-0.05, 0) is 38.1 Å². The van der Waals surface area contributed by atoms with Gasteiger partial charge in [-0.25, -0.2) is 13.0 Å². The highest BCUT2D eigenvalue weighted by Crippen LogP contribution is 2.49. The highest BCUT2D eigenvalue weighted by atomic mass is 32.2. The Labute approximate surface area is 113 Å². The van der Waals surface area contributed by atoms with Crippen LogP contribution in [0.3, 0.4) is 0 Å². The molecule has 0 heterocycles. The molecule has 1 rings (SSSR count). The van der Waals surface area contributed by atoms with Crippen molar-refractivity contribution < 1.29 is 26.6 Å². The van der Waals surface area contributed by atoms with Crippen LogP contribution in [0.1, 0.15) is 13.8 Å². The summed E-state index contributed by atoms with van der Waals surface area (Å²) in [6.07, 6.45) is 1.11. The Morgan fingerprint density at radius 3 is 1.89 bits per heavy atom. The van der Waals surface area contributed by atoms with Gasteiger partial charge in [0.2, 0.25) is 0 Å². The monoisotopic (exact) mass is 308 g/mol. The van der Waals surface area contributed by atoms with E-state index in [0.717, 1.165) is 6.26 Å². The Bertz CT molecular complexity index is 541. The molecule has 0 N–H and O–H groups in total. The predicted octanol–water partition coefficient (Wildman–Crippen LogP) is 2.65. The summed E-state index contributed by atoms with van der Waals surface area (Å²) < 4.78 is 49.8. The molecule has 1 aromatic carbocycles. The molecule has 6 nitrogen and oxygen atoms in total. The fourth-order valence-corrected chi connectivity index (χ4v) is 3.11. The maximum Gasteiger partial charge on any atom is 0.530 e. The average molecular weight is 308 g/mol. The molecule has 0 aliphatic heterocycles. The summed E-state index contributed by atoms with van der Waals surface area (Å²) in [7, 11) is -6.92. The molecule has 0 saturated heterocycles. The standard InChI is InChI=1S/C11H17O6PS/c1-4-15-18(12,16-5-2)17-10-6-8-11(9-7-10)19(3,13)14/h6-9H,4-5H2,1-3H3. The molecule has 0 bridgehead atoms. The van der Waals surface area contributed by atoms with Crippen molar-refractivity contribution in [1.82, 2.24) is 0 Å². The highest BCUT2D eigenvalue weighted by Gasteiger charge is 2.27. The minimum atomic E-state index is -3.65. The number of hydrogen-bond acceptors (Lipinski definition) is 6. The van der Waals surface area contributed by atoms with Gasteiger partial charge in [-0.15, -0.1) is 0 Å². The summed E-state index contributed by atoms with van der Waals surface area (Å²) in [6, 6.07) is 5.54. The first-order chi connectivity index (χ1) is 8.80. The normalized spacial score (nSPS) is 12.4. The Morgan fingerprint density at radius 1 is 1.05 bits per heavy atom. The van der Waals surface area contributed by atoms with Crippen LogP contribution in [0, 0.1) is 0 Å². The van der Waals surface area contributed by atoms with E-state index in [1.807, 2.05) is 0 Å². The molecule has 0 aromatic heterocycles. The fourth-order valence-electron chi connectivity index (χ4n) is 1.28. The van der Waals surface area contributed by atoms with Crippen LogP contribution in [0.15, 0.2) is 29.2 Å². The van der Waals surface area contributed by atoms with E-state index in [2.05, 4.69) is 0 Å². The summed E-state index contributed by atoms with van der Waals surface area (Å²) in [5.74, 6) is 0.220. The molecular weight excluding hydrogens is 291 g/mol. The summed E-state index contributed by atoms with van der Waals surface area (Å²) in [5.41, 5.74) is 0. The van der Waals surface area contributed by atoms with Crippen molar-refractivity contribution >= 4 is 17.7 Å². The Kier molecular flexibility index (Phi) is 5.55. The van der Waals surface area contributed by atoms with E-state index in [0.29, 0.717) is 0 Å². The third-order valence-electron chi connectivity index (χ3n) is 2.04. The van der Waals surface area contributed by atoms with E-state index in [1.54, 1.807) is 13.8 Å². The highest BCUT2D eigenvalue weighted by molar-refractivity contribution is 7.90. The predicted molar refractivity (Wildman–Crippen MR) is 71.0 cm³/mol. The largest absolute Gasteiger partial charge is 0.530 e. The topological polar surface area (TPSA) is 78.9 Å². The number of sulfone groups is 1. The molecule has 1 aromatic rings. The van der Waals surface area contributed by atoms with Crippen LogP contribution >= 0.6 is 7.82 Å². The Hall–Kier alpha value is -0.880. The number of benzene rings is 1. The number of hydrogen-bond donors (Lipinski definition) is 0. The van der Waals surface area contributed by atoms with Gasteiger partial charge in [0.05, 0.1) is 18.1 Å². The number of phosphoric acid groups is 1. The molecule has 0 atom stereocenters. The van der Waals surface area contributed by atoms with E-state index < -0.39 is 17.7 Å². The maximum atomic E-state index is 12.1. The van der Waals surface area contributed by atoms with Crippen LogP contribution in [-0.2, 0) is 23.4 Å². The van der Waals surface area contributed by atoms with E-state index >= 15 is 0 Å². The van der Waals surface area contributed by atoms with Gasteiger partial charge in [-0.3, -0.25) is 9.05 Å². The van der Waals surface area contributed by atoms with Crippen LogP contribution in [0.25, 0.3) is 0 Å². The summed E-state index contributed by atoms with van der Waals surface area (Å²) in [5, 5.41) is 0. The first-order valence-electron chi connectivity index (χ1n) is 5.69. The summed E-state index contributed by atoms with van der Waals surface area (Å²) in [4.78, 5) is 0.155. The van der Waals surface area contributed by atoms with Crippen molar-refractivity contribution in [3.8, 4) is 5.75 Å². The summed E-state index contributed by atoms with van der Waals surface area (Å²) in [6.45, 7) is 3.70. The second-order valence-corrected chi connectivity index (χ2v) is 7.23. The van der Waals surface area contributed by atoms with Gasteiger partial charge in [0, 0.05) is 6.26 Å². The van der Waals surface area contributed by atoms with Gasteiger partial charge >= 0.3 is 7.82 Å². The first kappa shape index (κ1) is 16.2. The third-order valence-corrected chi connectivity index (χ3v) is 4.76. The lowest BCUT2D eigenvalue weighted by Crippen LogP contribution is -2.02. The van der Waals surface area contributed by atoms with Crippen LogP contribution < -0.4 is 4.52 Å². The third kappa shape index (κ3) is 4.95. The van der Waals surface area contributed by atoms with Gasteiger partial charge < -0.3 is 4.52 Å². The number of rotatable bonds is 7. The molecule has 0 aliphatic rings. The SMILES string of the molecule is CCOP(=O)(OCC)Oc1ccc(S(C)(=O)=O)cc1. The van der Waals surface area contributed by atoms with Gasteiger partial charge in [0.15, 0.2) is 9.84 Å². The zero-order chi connectivity index (χ0) is 14.5. The van der Waals surface area contributed by atoms with Crippen molar-refractivity contribution in [2.24, 2.45) is 0 Å². The zero-order valence-corrected chi connectivity index (χ0v) is 12.7. The molecule has 0 amide bonds. The van der Waals surface area contributed by atoms with Gasteiger partial charge in [0.1, 0.15) is 5.75 Å². The molecule has 0 fully saturated rings. The van der Waals surface area contributed by atoms with Crippen LogP contribution in [-0.4, -0.2) is 27.9 Å². The zero-order valence-electron chi connectivity index (χ0n) is 11.0. The van der Waals surface area contributed by atoms with Gasteiger partial charge in [-0.2, -0.15) is 0 Å². The molecule has 0 saturated carbocycles. The molecule has 108 valence electrons. The molecule has 19 heavy (non-hydrogen) atoms. The molecule has 8 heteroatoms. The van der Waals surface area contributed by atoms with E-state index in [4.69, 9.17) is 13.6 Å². The lowest BCUT2D eigenvalue weighted by Gasteiger charge is -2.17. The van der Waals surface area contributed by atoms with Crippen molar-refractivity contribution in [2.75, 3.05) is 19.5 Å². The molecular formula is C11H17O6PS. The van der Waals surface area contributed by atoms with Crippen molar-refractivity contribution in [2.45, 2.75) is 18.7 Å². The maximum absolute atomic E-state index is 12.1. The van der Waals surface area contributed by atoms with Crippen molar-refractivity contribution in [3.05, 3.63) is 24.3 Å². The lowest BCUT2D eigenvalue weighted by molar-refractivity contribution is 0.167. The quantitative estimate of drug-likeness (QED) is 0.720.